The molecular weight excluding hydrogens is 387 g/mol. The van der Waals surface area contributed by atoms with Crippen LogP contribution in [-0.2, 0) is 0 Å². The third-order valence-electron chi connectivity index (χ3n) is 4.37. The summed E-state index contributed by atoms with van der Waals surface area (Å²) >= 11 is 0. The van der Waals surface area contributed by atoms with Gasteiger partial charge >= 0.3 is 6.29 Å². The van der Waals surface area contributed by atoms with Crippen LogP contribution in [0.1, 0.15) is 21.5 Å². The third-order valence-corrected chi connectivity index (χ3v) is 4.37. The number of benzene rings is 2. The van der Waals surface area contributed by atoms with Gasteiger partial charge in [0, 0.05) is 5.56 Å². The standard InChI is InChI=1S/C20H14F3N3O3/c1-10-4-3-5-13(21)18(10)19(27)26-17-9-24-14(8-25-17)12-7-16-15(6-11(12)2)28-20(22,23)29-16/h3-9H,1-2H3,(H,25,26,27). The second-order valence-electron chi connectivity index (χ2n) is 6.45. The number of rotatable bonds is 3. The van der Waals surface area contributed by atoms with Gasteiger partial charge in [-0.1, -0.05) is 12.1 Å². The Hall–Kier alpha value is -3.62. The number of aromatic nitrogens is 2. The molecule has 3 aromatic rings. The van der Waals surface area contributed by atoms with Gasteiger partial charge < -0.3 is 14.8 Å². The number of ether oxygens (including phenoxy) is 2. The Morgan fingerprint density at radius 1 is 1.03 bits per heavy atom. The van der Waals surface area contributed by atoms with Crippen molar-refractivity contribution in [1.82, 2.24) is 9.97 Å². The second-order valence-corrected chi connectivity index (χ2v) is 6.45. The summed E-state index contributed by atoms with van der Waals surface area (Å²) in [6, 6.07) is 7.14. The van der Waals surface area contributed by atoms with E-state index in [0.29, 0.717) is 22.4 Å². The topological polar surface area (TPSA) is 73.3 Å². The van der Waals surface area contributed by atoms with Crippen LogP contribution < -0.4 is 14.8 Å². The van der Waals surface area contributed by atoms with Crippen LogP contribution in [0.15, 0.2) is 42.7 Å². The van der Waals surface area contributed by atoms with Crippen LogP contribution in [-0.4, -0.2) is 22.2 Å². The molecule has 0 radical (unpaired) electrons. The molecule has 1 amide bonds. The molecule has 0 atom stereocenters. The van der Waals surface area contributed by atoms with Crippen LogP contribution >= 0.6 is 0 Å². The normalized spacial score (nSPS) is 14.0. The number of hydrogen-bond acceptors (Lipinski definition) is 5. The molecule has 9 heteroatoms. The molecule has 6 nitrogen and oxygen atoms in total. The molecule has 4 rings (SSSR count). The highest BCUT2D eigenvalue weighted by Gasteiger charge is 2.43. The van der Waals surface area contributed by atoms with Crippen LogP contribution in [0.3, 0.4) is 0 Å². The first-order chi connectivity index (χ1) is 13.7. The van der Waals surface area contributed by atoms with Crippen LogP contribution in [0.4, 0.5) is 19.0 Å². The highest BCUT2D eigenvalue weighted by Crippen LogP contribution is 2.44. The molecule has 0 saturated carbocycles. The number of nitrogens with one attached hydrogen (secondary N) is 1. The zero-order valence-electron chi connectivity index (χ0n) is 15.3. The Kier molecular flexibility index (Phi) is 4.37. The van der Waals surface area contributed by atoms with Crippen molar-refractivity contribution in [2.45, 2.75) is 20.1 Å². The molecule has 0 bridgehead atoms. The molecule has 0 aliphatic carbocycles. The number of aryl methyl sites for hydroxylation is 2. The average molecular weight is 401 g/mol. The quantitative estimate of drug-likeness (QED) is 0.701. The summed E-state index contributed by atoms with van der Waals surface area (Å²) in [7, 11) is 0. The molecule has 2 heterocycles. The van der Waals surface area contributed by atoms with Crippen molar-refractivity contribution < 1.29 is 27.4 Å². The number of carbonyl (C=O) groups is 1. The van der Waals surface area contributed by atoms with Gasteiger partial charge in [0.2, 0.25) is 0 Å². The van der Waals surface area contributed by atoms with Gasteiger partial charge in [-0.3, -0.25) is 9.78 Å². The van der Waals surface area contributed by atoms with E-state index in [9.17, 15) is 18.0 Å². The molecule has 1 aromatic heterocycles. The molecule has 0 unspecified atom stereocenters. The Labute approximate surface area is 163 Å². The zero-order valence-corrected chi connectivity index (χ0v) is 15.3. The summed E-state index contributed by atoms with van der Waals surface area (Å²) < 4.78 is 49.3. The number of fused-ring (bicyclic) bond motifs is 1. The maximum Gasteiger partial charge on any atom is 0.586 e. The summed E-state index contributed by atoms with van der Waals surface area (Å²) in [6.45, 7) is 3.33. The summed E-state index contributed by atoms with van der Waals surface area (Å²) in [4.78, 5) is 20.6. The van der Waals surface area contributed by atoms with Crippen LogP contribution in [0.2, 0.25) is 0 Å². The number of carbonyl (C=O) groups excluding carboxylic acids is 1. The Bertz CT molecular complexity index is 1100. The minimum atomic E-state index is -3.71. The van der Waals surface area contributed by atoms with E-state index in [1.807, 2.05) is 0 Å². The lowest BCUT2D eigenvalue weighted by Gasteiger charge is -2.09. The maximum atomic E-state index is 13.9. The summed E-state index contributed by atoms with van der Waals surface area (Å²) in [5.74, 6) is -1.34. The van der Waals surface area contributed by atoms with Gasteiger partial charge in [-0.25, -0.2) is 9.37 Å². The fraction of sp³-hybridized carbons (Fsp3) is 0.150. The van der Waals surface area contributed by atoms with Crippen molar-refractivity contribution in [3.63, 3.8) is 0 Å². The van der Waals surface area contributed by atoms with E-state index in [4.69, 9.17) is 0 Å². The van der Waals surface area contributed by atoms with E-state index in [2.05, 4.69) is 24.8 Å². The van der Waals surface area contributed by atoms with Crippen molar-refractivity contribution in [2.24, 2.45) is 0 Å². The van der Waals surface area contributed by atoms with Gasteiger partial charge in [0.15, 0.2) is 17.3 Å². The first-order valence-corrected chi connectivity index (χ1v) is 8.53. The van der Waals surface area contributed by atoms with E-state index in [-0.39, 0.29) is 22.9 Å². The Morgan fingerprint density at radius 3 is 2.41 bits per heavy atom. The van der Waals surface area contributed by atoms with E-state index in [1.54, 1.807) is 19.9 Å². The summed E-state index contributed by atoms with van der Waals surface area (Å²) in [6.07, 6.45) is -1.05. The fourth-order valence-corrected chi connectivity index (χ4v) is 3.00. The molecule has 0 spiro atoms. The van der Waals surface area contributed by atoms with E-state index >= 15 is 0 Å². The van der Waals surface area contributed by atoms with Gasteiger partial charge in [-0.05, 0) is 43.2 Å². The van der Waals surface area contributed by atoms with Crippen molar-refractivity contribution >= 4 is 11.7 Å². The first-order valence-electron chi connectivity index (χ1n) is 8.53. The van der Waals surface area contributed by atoms with Crippen LogP contribution in [0, 0.1) is 19.7 Å². The largest absolute Gasteiger partial charge is 0.586 e. The number of anilines is 1. The average Bonchev–Trinajstić information content (AvgIpc) is 2.94. The van der Waals surface area contributed by atoms with Gasteiger partial charge in [0.05, 0.1) is 23.7 Å². The van der Waals surface area contributed by atoms with Gasteiger partial charge in [-0.2, -0.15) is 0 Å². The molecule has 29 heavy (non-hydrogen) atoms. The first kappa shape index (κ1) is 18.7. The lowest BCUT2D eigenvalue weighted by molar-refractivity contribution is -0.286. The van der Waals surface area contributed by atoms with Gasteiger partial charge in [-0.15, -0.1) is 8.78 Å². The lowest BCUT2D eigenvalue weighted by atomic mass is 10.1. The van der Waals surface area contributed by atoms with Crippen LogP contribution in [0.5, 0.6) is 11.5 Å². The molecule has 0 saturated heterocycles. The summed E-state index contributed by atoms with van der Waals surface area (Å²) in [5.41, 5.74) is 1.92. The number of amides is 1. The van der Waals surface area contributed by atoms with Crippen LogP contribution in [0.25, 0.3) is 11.3 Å². The van der Waals surface area contributed by atoms with Crippen molar-refractivity contribution in [3.05, 3.63) is 65.2 Å². The second kappa shape index (κ2) is 6.77. The molecule has 1 aliphatic heterocycles. The third kappa shape index (κ3) is 3.58. The van der Waals surface area contributed by atoms with E-state index in [1.165, 1.54) is 36.7 Å². The monoisotopic (exact) mass is 401 g/mol. The number of halogens is 3. The van der Waals surface area contributed by atoms with Gasteiger partial charge in [0.25, 0.3) is 5.91 Å². The fourth-order valence-electron chi connectivity index (χ4n) is 3.00. The Morgan fingerprint density at radius 2 is 1.76 bits per heavy atom. The van der Waals surface area contributed by atoms with Gasteiger partial charge in [0.1, 0.15) is 5.82 Å². The highest BCUT2D eigenvalue weighted by atomic mass is 19.3. The van der Waals surface area contributed by atoms with E-state index < -0.39 is 18.0 Å². The minimum absolute atomic E-state index is 0.0617. The predicted octanol–water partition coefficient (Wildman–Crippen LogP) is 4.47. The molecule has 1 aliphatic rings. The van der Waals surface area contributed by atoms with E-state index in [0.717, 1.165) is 0 Å². The number of nitrogens with zero attached hydrogens (tertiary/aromatic N) is 2. The highest BCUT2D eigenvalue weighted by molar-refractivity contribution is 6.04. The lowest BCUT2D eigenvalue weighted by Crippen LogP contribution is -2.25. The SMILES string of the molecule is Cc1cc2c(cc1-c1cnc(NC(=O)c3c(C)cccc3F)cn1)OC(F)(F)O2. The molecule has 148 valence electrons. The smallest absolute Gasteiger partial charge is 0.395 e. The Balaban J connectivity index is 1.57. The molecule has 0 fully saturated rings. The minimum Gasteiger partial charge on any atom is -0.395 e. The molecule has 1 N–H and O–H groups in total. The van der Waals surface area contributed by atoms with Crippen molar-refractivity contribution in [3.8, 4) is 22.8 Å². The zero-order chi connectivity index (χ0) is 20.8. The van der Waals surface area contributed by atoms with Crippen molar-refractivity contribution in [1.29, 1.82) is 0 Å². The molecule has 2 aromatic carbocycles. The number of alkyl halides is 2. The number of hydrogen-bond donors (Lipinski definition) is 1. The predicted molar refractivity (Wildman–Crippen MR) is 97.5 cm³/mol. The molecular formula is C20H14F3N3O3. The van der Waals surface area contributed by atoms with Crippen molar-refractivity contribution in [2.75, 3.05) is 5.32 Å². The summed E-state index contributed by atoms with van der Waals surface area (Å²) in [5, 5.41) is 2.49. The maximum absolute atomic E-state index is 13.9.